The van der Waals surface area contributed by atoms with Crippen LogP contribution in [0.4, 0.5) is 11.4 Å². The molecule has 1 aromatic carbocycles. The summed E-state index contributed by atoms with van der Waals surface area (Å²) in [5, 5.41) is 6.31. The second-order valence-electron chi connectivity index (χ2n) is 5.33. The normalized spacial score (nSPS) is 22.8. The average molecular weight is 275 g/mol. The molecule has 1 amide bonds. The Hall–Kier alpha value is -1.59. The molecule has 1 atom stereocenters. The molecule has 2 heterocycles. The van der Waals surface area contributed by atoms with E-state index in [1.165, 1.54) is 5.69 Å². The number of carbonyl (C=O) groups is 1. The van der Waals surface area contributed by atoms with E-state index in [1.54, 1.807) is 0 Å². The number of benzene rings is 1. The minimum Gasteiger partial charge on any atom is -0.381 e. The van der Waals surface area contributed by atoms with Crippen LogP contribution in [0, 0.1) is 5.92 Å². The molecule has 2 aliphatic heterocycles. The van der Waals surface area contributed by atoms with E-state index in [-0.39, 0.29) is 11.8 Å². The second-order valence-corrected chi connectivity index (χ2v) is 5.33. The van der Waals surface area contributed by atoms with Crippen LogP contribution in [0.5, 0.6) is 0 Å². The van der Waals surface area contributed by atoms with E-state index in [1.807, 2.05) is 12.1 Å². The number of piperazine rings is 1. The molecule has 3 rings (SSSR count). The van der Waals surface area contributed by atoms with Crippen LogP contribution in [0.25, 0.3) is 0 Å². The van der Waals surface area contributed by atoms with Gasteiger partial charge in [-0.1, -0.05) is 0 Å². The zero-order chi connectivity index (χ0) is 13.8. The summed E-state index contributed by atoms with van der Waals surface area (Å²) in [6, 6.07) is 8.11. The van der Waals surface area contributed by atoms with Crippen molar-refractivity contribution in [3.63, 3.8) is 0 Å². The standard InChI is InChI=1S/C15H21N3O2/c19-15(12-5-10-20-11-12)17-13-1-3-14(4-2-13)18-8-6-16-7-9-18/h1-4,12,16H,5-11H2,(H,17,19). The average Bonchev–Trinajstić information content (AvgIpc) is 3.03. The Kier molecular flexibility index (Phi) is 4.18. The molecule has 0 saturated carbocycles. The number of ether oxygens (including phenoxy) is 1. The number of carbonyl (C=O) groups excluding carboxylic acids is 1. The van der Waals surface area contributed by atoms with Crippen molar-refractivity contribution in [2.24, 2.45) is 5.92 Å². The van der Waals surface area contributed by atoms with Crippen molar-refractivity contribution in [2.75, 3.05) is 49.6 Å². The first-order chi connectivity index (χ1) is 9.83. The highest BCUT2D eigenvalue weighted by molar-refractivity contribution is 5.92. The summed E-state index contributed by atoms with van der Waals surface area (Å²) >= 11 is 0. The van der Waals surface area contributed by atoms with Gasteiger partial charge in [-0.3, -0.25) is 4.79 Å². The minimum absolute atomic E-state index is 0.00263. The van der Waals surface area contributed by atoms with Crippen LogP contribution in [0.3, 0.4) is 0 Å². The molecule has 5 heteroatoms. The Morgan fingerprint density at radius 2 is 2.00 bits per heavy atom. The predicted molar refractivity (Wildman–Crippen MR) is 79.1 cm³/mol. The van der Waals surface area contributed by atoms with Crippen molar-refractivity contribution in [1.29, 1.82) is 0 Å². The molecule has 0 aliphatic carbocycles. The first-order valence-corrected chi connectivity index (χ1v) is 7.27. The Labute approximate surface area is 119 Å². The van der Waals surface area contributed by atoms with Crippen molar-refractivity contribution in [3.8, 4) is 0 Å². The molecule has 5 nitrogen and oxygen atoms in total. The lowest BCUT2D eigenvalue weighted by atomic mass is 10.1. The van der Waals surface area contributed by atoms with Gasteiger partial charge in [0, 0.05) is 44.2 Å². The van der Waals surface area contributed by atoms with Crippen LogP contribution in [-0.2, 0) is 9.53 Å². The number of nitrogens with one attached hydrogen (secondary N) is 2. The van der Waals surface area contributed by atoms with Gasteiger partial charge in [-0.25, -0.2) is 0 Å². The SMILES string of the molecule is O=C(Nc1ccc(N2CCNCC2)cc1)C1CCOC1. The summed E-state index contributed by atoms with van der Waals surface area (Å²) in [5.41, 5.74) is 2.08. The molecule has 2 aliphatic rings. The third-order valence-electron chi connectivity index (χ3n) is 3.92. The zero-order valence-corrected chi connectivity index (χ0v) is 11.6. The first kappa shape index (κ1) is 13.4. The molecule has 2 fully saturated rings. The molecule has 0 spiro atoms. The van der Waals surface area contributed by atoms with Crippen molar-refractivity contribution >= 4 is 17.3 Å². The monoisotopic (exact) mass is 275 g/mol. The van der Waals surface area contributed by atoms with Crippen molar-refractivity contribution in [2.45, 2.75) is 6.42 Å². The van der Waals surface area contributed by atoms with Gasteiger partial charge in [0.25, 0.3) is 0 Å². The maximum Gasteiger partial charge on any atom is 0.229 e. The smallest absolute Gasteiger partial charge is 0.229 e. The van der Waals surface area contributed by atoms with E-state index in [9.17, 15) is 4.79 Å². The number of hydrogen-bond donors (Lipinski definition) is 2. The van der Waals surface area contributed by atoms with Gasteiger partial charge in [-0.15, -0.1) is 0 Å². The Morgan fingerprint density at radius 3 is 2.65 bits per heavy atom. The second kappa shape index (κ2) is 6.24. The van der Waals surface area contributed by atoms with E-state index in [4.69, 9.17) is 4.74 Å². The van der Waals surface area contributed by atoms with E-state index >= 15 is 0 Å². The number of anilines is 2. The molecular weight excluding hydrogens is 254 g/mol. The maximum atomic E-state index is 12.0. The molecule has 0 bridgehead atoms. The van der Waals surface area contributed by atoms with Gasteiger partial charge in [0.15, 0.2) is 0 Å². The van der Waals surface area contributed by atoms with Gasteiger partial charge < -0.3 is 20.3 Å². The fraction of sp³-hybridized carbons (Fsp3) is 0.533. The van der Waals surface area contributed by atoms with Gasteiger partial charge in [0.2, 0.25) is 5.91 Å². The summed E-state index contributed by atoms with van der Waals surface area (Å²) in [6.07, 6.45) is 0.824. The van der Waals surface area contributed by atoms with Crippen LogP contribution in [0.15, 0.2) is 24.3 Å². The largest absolute Gasteiger partial charge is 0.381 e. The molecule has 20 heavy (non-hydrogen) atoms. The predicted octanol–water partition coefficient (Wildman–Crippen LogP) is 1.07. The topological polar surface area (TPSA) is 53.6 Å². The van der Waals surface area contributed by atoms with Crippen molar-refractivity contribution in [1.82, 2.24) is 5.32 Å². The number of nitrogens with zero attached hydrogens (tertiary/aromatic N) is 1. The number of rotatable bonds is 3. The third kappa shape index (κ3) is 3.11. The van der Waals surface area contributed by atoms with Crippen LogP contribution in [-0.4, -0.2) is 45.3 Å². The number of hydrogen-bond acceptors (Lipinski definition) is 4. The summed E-state index contributed by atoms with van der Waals surface area (Å²) in [7, 11) is 0. The highest BCUT2D eigenvalue weighted by Gasteiger charge is 2.23. The fourth-order valence-corrected chi connectivity index (χ4v) is 2.66. The highest BCUT2D eigenvalue weighted by atomic mass is 16.5. The van der Waals surface area contributed by atoms with Crippen LogP contribution >= 0.6 is 0 Å². The molecule has 1 aromatic rings. The minimum atomic E-state index is 0.00263. The Bertz CT molecular complexity index is 449. The first-order valence-electron chi connectivity index (χ1n) is 7.27. The summed E-state index contributed by atoms with van der Waals surface area (Å²) in [5.74, 6) is 0.0697. The van der Waals surface area contributed by atoms with Gasteiger partial charge in [0.05, 0.1) is 12.5 Å². The van der Waals surface area contributed by atoms with E-state index in [0.29, 0.717) is 13.2 Å². The lowest BCUT2D eigenvalue weighted by Gasteiger charge is -2.29. The summed E-state index contributed by atoms with van der Waals surface area (Å²) in [4.78, 5) is 14.3. The molecule has 1 unspecified atom stereocenters. The Balaban J connectivity index is 1.59. The molecule has 0 radical (unpaired) electrons. The van der Waals surface area contributed by atoms with Gasteiger partial charge in [0.1, 0.15) is 0 Å². The molecule has 2 N–H and O–H groups in total. The fourth-order valence-electron chi connectivity index (χ4n) is 2.66. The molecule has 108 valence electrons. The third-order valence-corrected chi connectivity index (χ3v) is 3.92. The van der Waals surface area contributed by atoms with Crippen LogP contribution in [0.2, 0.25) is 0 Å². The van der Waals surface area contributed by atoms with E-state index < -0.39 is 0 Å². The van der Waals surface area contributed by atoms with Crippen LogP contribution in [0.1, 0.15) is 6.42 Å². The van der Waals surface area contributed by atoms with Gasteiger partial charge in [-0.2, -0.15) is 0 Å². The Morgan fingerprint density at radius 1 is 1.25 bits per heavy atom. The lowest BCUT2D eigenvalue weighted by molar-refractivity contribution is -0.119. The summed E-state index contributed by atoms with van der Waals surface area (Å²) < 4.78 is 5.24. The van der Waals surface area contributed by atoms with E-state index in [2.05, 4.69) is 27.7 Å². The highest BCUT2D eigenvalue weighted by Crippen LogP contribution is 2.20. The van der Waals surface area contributed by atoms with Crippen molar-refractivity contribution in [3.05, 3.63) is 24.3 Å². The molecule has 2 saturated heterocycles. The van der Waals surface area contributed by atoms with Gasteiger partial charge in [-0.05, 0) is 30.7 Å². The zero-order valence-electron chi connectivity index (χ0n) is 11.6. The van der Waals surface area contributed by atoms with Crippen molar-refractivity contribution < 1.29 is 9.53 Å². The summed E-state index contributed by atoms with van der Waals surface area (Å²) in [6.45, 7) is 5.36. The lowest BCUT2D eigenvalue weighted by Crippen LogP contribution is -2.43. The quantitative estimate of drug-likeness (QED) is 0.866. The molecule has 0 aromatic heterocycles. The van der Waals surface area contributed by atoms with E-state index in [0.717, 1.165) is 38.3 Å². The molecular formula is C15H21N3O2. The maximum absolute atomic E-state index is 12.0. The number of amides is 1. The van der Waals surface area contributed by atoms with Gasteiger partial charge >= 0.3 is 0 Å². The van der Waals surface area contributed by atoms with Crippen LogP contribution < -0.4 is 15.5 Å².